The summed E-state index contributed by atoms with van der Waals surface area (Å²) in [6, 6.07) is 0. The van der Waals surface area contributed by atoms with Crippen molar-refractivity contribution in [2.24, 2.45) is 0 Å². The summed E-state index contributed by atoms with van der Waals surface area (Å²) in [6.07, 6.45) is -31.1. The molecule has 0 aromatic heterocycles. The van der Waals surface area contributed by atoms with Crippen molar-refractivity contribution in [1.82, 2.24) is 0 Å². The molecular weight excluding hydrogens is 656 g/mol. The van der Waals surface area contributed by atoms with Gasteiger partial charge in [-0.05, 0) is 0 Å². The minimum Gasteiger partial charge on any atom is -0.412 e. The van der Waals surface area contributed by atoms with Gasteiger partial charge in [0.25, 0.3) is 0 Å². The van der Waals surface area contributed by atoms with Crippen LogP contribution in [0.2, 0.25) is 0 Å². The summed E-state index contributed by atoms with van der Waals surface area (Å²) in [4.78, 5) is 0. The molecule has 18 N–H and O–H groups in total. The van der Waals surface area contributed by atoms with Crippen LogP contribution in [0.1, 0.15) is 0 Å². The summed E-state index contributed by atoms with van der Waals surface area (Å²) in [7, 11) is 0. The van der Waals surface area contributed by atoms with Crippen LogP contribution in [0.4, 0.5) is 0 Å². The third-order valence-corrected chi connectivity index (χ3v) is 7.96. The molecule has 23 nitrogen and oxygen atoms in total. The molecule has 47 heavy (non-hydrogen) atoms. The Hall–Kier alpha value is -0.920. The summed E-state index contributed by atoms with van der Waals surface area (Å²) in [6.45, 7) is -2.69. The van der Waals surface area contributed by atoms with Gasteiger partial charge in [0.1, 0.15) is 97.7 Å². The highest BCUT2D eigenvalue weighted by Crippen LogP contribution is 2.30. The van der Waals surface area contributed by atoms with Crippen molar-refractivity contribution < 1.29 is 116 Å². The Bertz CT molecular complexity index is 827. The van der Waals surface area contributed by atoms with E-state index in [0.29, 0.717) is 0 Å². The van der Waals surface area contributed by atoms with E-state index in [2.05, 4.69) is 0 Å². The Labute approximate surface area is 265 Å². The van der Waals surface area contributed by atoms with Crippen molar-refractivity contribution in [2.75, 3.05) is 26.4 Å². The van der Waals surface area contributed by atoms with E-state index >= 15 is 0 Å². The van der Waals surface area contributed by atoms with Crippen LogP contribution >= 0.6 is 0 Å². The lowest BCUT2D eigenvalue weighted by molar-refractivity contribution is -0.355. The molecule has 0 aliphatic carbocycles. The van der Waals surface area contributed by atoms with E-state index in [-0.39, 0.29) is 5.48 Å². The van der Waals surface area contributed by atoms with Crippen LogP contribution in [-0.4, -0.2) is 236 Å². The minimum absolute atomic E-state index is 0. The van der Waals surface area contributed by atoms with E-state index < -0.39 is 149 Å². The minimum atomic E-state index is -1.74. The predicted octanol–water partition coefficient (Wildman–Crippen LogP) is -11.6. The van der Waals surface area contributed by atoms with Crippen molar-refractivity contribution in [3.63, 3.8) is 0 Å². The molecule has 0 aromatic carbocycles. The van der Waals surface area contributed by atoms with E-state index in [1.807, 2.05) is 0 Å². The molecular formula is C24H46O23. The average Bonchev–Trinajstić information content (AvgIpc) is 3.05. The highest BCUT2D eigenvalue weighted by molar-refractivity contribution is 4.95. The zero-order chi connectivity index (χ0) is 34.6. The van der Waals surface area contributed by atoms with Crippen LogP contribution in [-0.2, 0) is 28.4 Å². The fraction of sp³-hybridized carbons (Fsp3) is 1.00. The number of aliphatic hydroxyl groups is 16. The quantitative estimate of drug-likeness (QED) is 0.112. The van der Waals surface area contributed by atoms with E-state index in [1.54, 1.807) is 0 Å². The maximum absolute atomic E-state index is 9.94. The van der Waals surface area contributed by atoms with Crippen LogP contribution in [0.5, 0.6) is 0 Å². The average molecular weight is 703 g/mol. The van der Waals surface area contributed by atoms with Gasteiger partial charge in [0.2, 0.25) is 0 Å². The predicted molar refractivity (Wildman–Crippen MR) is 141 cm³/mol. The second kappa shape index (κ2) is 18.4. The summed E-state index contributed by atoms with van der Waals surface area (Å²) in [5.41, 5.74) is 0. The molecule has 0 aromatic rings. The lowest BCUT2D eigenvalue weighted by Gasteiger charge is -2.45. The summed E-state index contributed by atoms with van der Waals surface area (Å²) in [5.74, 6) is 0. The molecule has 4 aliphatic heterocycles. The Morgan fingerprint density at radius 3 is 0.915 bits per heavy atom. The fourth-order valence-corrected chi connectivity index (χ4v) is 5.14. The molecule has 0 unspecified atom stereocenters. The van der Waals surface area contributed by atoms with Crippen molar-refractivity contribution >= 4 is 0 Å². The zero-order valence-electron chi connectivity index (χ0n) is 24.5. The van der Waals surface area contributed by atoms with Crippen LogP contribution in [0.3, 0.4) is 0 Å². The molecule has 23 heteroatoms. The lowest BCUT2D eigenvalue weighted by atomic mass is 9.97. The van der Waals surface area contributed by atoms with Crippen molar-refractivity contribution in [1.29, 1.82) is 0 Å². The number of hydrogen-bond acceptors (Lipinski definition) is 22. The molecule has 4 rings (SSSR count). The fourth-order valence-electron chi connectivity index (χ4n) is 5.14. The Morgan fingerprint density at radius 2 is 0.638 bits per heavy atom. The van der Waals surface area contributed by atoms with Gasteiger partial charge in [0, 0.05) is 0 Å². The van der Waals surface area contributed by atoms with Gasteiger partial charge >= 0.3 is 0 Å². The largest absolute Gasteiger partial charge is 0.412 e. The molecule has 4 fully saturated rings. The second-order valence-corrected chi connectivity index (χ2v) is 11.1. The van der Waals surface area contributed by atoms with Crippen molar-refractivity contribution in [2.45, 2.75) is 123 Å². The lowest BCUT2D eigenvalue weighted by Crippen LogP contribution is -2.64. The number of ether oxygens (including phenoxy) is 6. The number of hydrogen-bond donors (Lipinski definition) is 16. The molecule has 4 aliphatic rings. The Kier molecular flexibility index (Phi) is 16.5. The monoisotopic (exact) mass is 702 g/mol. The van der Waals surface area contributed by atoms with E-state index in [1.165, 1.54) is 0 Å². The second-order valence-electron chi connectivity index (χ2n) is 11.1. The third kappa shape index (κ3) is 9.25. The van der Waals surface area contributed by atoms with E-state index in [0.717, 1.165) is 0 Å². The topological polar surface area (TPSA) is 411 Å². The van der Waals surface area contributed by atoms with Crippen LogP contribution < -0.4 is 0 Å². The zero-order valence-corrected chi connectivity index (χ0v) is 24.5. The molecule has 0 spiro atoms. The smallest absolute Gasteiger partial charge is 0.187 e. The molecule has 280 valence electrons. The first kappa shape index (κ1) is 42.2. The van der Waals surface area contributed by atoms with Gasteiger partial charge in [-0.15, -0.1) is 0 Å². The van der Waals surface area contributed by atoms with Crippen LogP contribution in [0.25, 0.3) is 0 Å². The SMILES string of the molecule is O.OC[C@H]1O[C@@H](O[C@H]2[C@H](O)[C@@H](O)[C@@H](O)O[C@@H]2CO)[C@H](O)[C@@H](O)[C@H]1O.OC[C@H]1O[C@@H](O[C@H]2[C@H](O)[C@@H](O)[C@H](O)O[C@@H]2CO)[C@H](O)[C@@H](O)[C@H]1O. The highest BCUT2D eigenvalue weighted by Gasteiger charge is 2.51. The maximum atomic E-state index is 9.94. The highest BCUT2D eigenvalue weighted by atomic mass is 16.7. The first-order chi connectivity index (χ1) is 21.6. The number of aliphatic hydroxyl groups excluding tert-OH is 16. The standard InChI is InChI=1S/2C12H22O11.H2O/c2*13-1-3-5(15)6(16)9(19)12(22-3)23-10-4(2-14)21-11(20)8(18)7(10)17;/h2*3-20H,1-2H2;1H2/t3-,4-,5+,6+,7-,8-,9-,10-,11+,12+;3-,4-,5+,6+,7-,8-,9-,10-,11-,12+;/m11./s1. The molecule has 0 saturated carbocycles. The molecule has 4 heterocycles. The van der Waals surface area contributed by atoms with Gasteiger partial charge < -0.3 is 116 Å². The van der Waals surface area contributed by atoms with E-state index in [9.17, 15) is 71.5 Å². The van der Waals surface area contributed by atoms with Gasteiger partial charge in [0.15, 0.2) is 25.2 Å². The Balaban J connectivity index is 0.000000320. The first-order valence-electron chi connectivity index (χ1n) is 14.2. The molecule has 4 saturated heterocycles. The molecule has 0 amide bonds. The van der Waals surface area contributed by atoms with Gasteiger partial charge in [-0.3, -0.25) is 0 Å². The number of rotatable bonds is 8. The molecule has 20 atom stereocenters. The summed E-state index contributed by atoms with van der Waals surface area (Å²) >= 11 is 0. The van der Waals surface area contributed by atoms with Gasteiger partial charge in [0.05, 0.1) is 26.4 Å². The first-order valence-corrected chi connectivity index (χ1v) is 14.2. The molecule has 0 radical (unpaired) electrons. The van der Waals surface area contributed by atoms with Gasteiger partial charge in [-0.1, -0.05) is 0 Å². The normalized spacial score (nSPS) is 50.6. The van der Waals surface area contributed by atoms with E-state index in [4.69, 9.17) is 38.6 Å². The molecule has 0 bridgehead atoms. The Morgan fingerprint density at radius 1 is 0.340 bits per heavy atom. The summed E-state index contributed by atoms with van der Waals surface area (Å²) in [5, 5.41) is 153. The van der Waals surface area contributed by atoms with Crippen molar-refractivity contribution in [3.8, 4) is 0 Å². The third-order valence-electron chi connectivity index (χ3n) is 7.96. The van der Waals surface area contributed by atoms with Crippen LogP contribution in [0.15, 0.2) is 0 Å². The van der Waals surface area contributed by atoms with Crippen molar-refractivity contribution in [3.05, 3.63) is 0 Å². The van der Waals surface area contributed by atoms with Gasteiger partial charge in [-0.2, -0.15) is 0 Å². The maximum Gasteiger partial charge on any atom is 0.187 e. The van der Waals surface area contributed by atoms with Gasteiger partial charge in [-0.25, -0.2) is 0 Å². The van der Waals surface area contributed by atoms with Crippen LogP contribution in [0, 0.1) is 0 Å². The summed E-state index contributed by atoms with van der Waals surface area (Å²) < 4.78 is 30.5.